The predicted octanol–water partition coefficient (Wildman–Crippen LogP) is 5.00. The summed E-state index contributed by atoms with van der Waals surface area (Å²) in [5.41, 5.74) is 4.25. The second-order valence-corrected chi connectivity index (χ2v) is 8.77. The molecule has 6 heteroatoms. The number of aliphatic hydroxyl groups is 1. The van der Waals surface area contributed by atoms with Gasteiger partial charge in [-0.3, -0.25) is 14.5 Å². The Morgan fingerprint density at radius 2 is 1.50 bits per heavy atom. The summed E-state index contributed by atoms with van der Waals surface area (Å²) in [5.74, 6) is -1.56. The quantitative estimate of drug-likeness (QED) is 0.369. The van der Waals surface area contributed by atoms with E-state index in [-0.39, 0.29) is 11.3 Å². The number of aryl methyl sites for hydroxylation is 4. The van der Waals surface area contributed by atoms with Crippen LogP contribution in [0.25, 0.3) is 5.76 Å². The highest BCUT2D eigenvalue weighted by atomic mass is 32.1. The molecule has 1 aromatic heterocycles. The van der Waals surface area contributed by atoms with Crippen LogP contribution in [-0.4, -0.2) is 21.8 Å². The molecular formula is C24H22N2O3S. The van der Waals surface area contributed by atoms with Gasteiger partial charge in [0.25, 0.3) is 5.78 Å². The molecule has 0 spiro atoms. The van der Waals surface area contributed by atoms with Gasteiger partial charge in [-0.05, 0) is 33.3 Å². The third kappa shape index (κ3) is 3.33. The molecule has 2 aromatic carbocycles. The molecule has 1 amide bonds. The first-order chi connectivity index (χ1) is 14.3. The Labute approximate surface area is 179 Å². The Balaban J connectivity index is 1.94. The van der Waals surface area contributed by atoms with Crippen molar-refractivity contribution in [1.29, 1.82) is 0 Å². The maximum atomic E-state index is 13.1. The number of anilines is 1. The number of ketones is 1. The average molecular weight is 419 g/mol. The number of thiazole rings is 1. The summed E-state index contributed by atoms with van der Waals surface area (Å²) in [7, 11) is 0. The van der Waals surface area contributed by atoms with Crippen molar-refractivity contribution >= 4 is 33.9 Å². The van der Waals surface area contributed by atoms with Crippen molar-refractivity contribution in [3.05, 3.63) is 86.9 Å². The molecule has 3 aromatic rings. The van der Waals surface area contributed by atoms with Crippen LogP contribution in [0.1, 0.15) is 38.9 Å². The van der Waals surface area contributed by atoms with Crippen molar-refractivity contribution < 1.29 is 14.7 Å². The van der Waals surface area contributed by atoms with Crippen LogP contribution in [0, 0.1) is 27.7 Å². The number of benzene rings is 2. The second-order valence-electron chi connectivity index (χ2n) is 7.58. The van der Waals surface area contributed by atoms with Crippen molar-refractivity contribution in [2.24, 2.45) is 0 Å². The molecule has 4 rings (SSSR count). The summed E-state index contributed by atoms with van der Waals surface area (Å²) >= 11 is 1.37. The number of hydrogen-bond acceptors (Lipinski definition) is 5. The number of nitrogens with zero attached hydrogens (tertiary/aromatic N) is 2. The van der Waals surface area contributed by atoms with Crippen LogP contribution in [0.5, 0.6) is 0 Å². The molecule has 0 unspecified atom stereocenters. The van der Waals surface area contributed by atoms with E-state index in [2.05, 4.69) is 4.98 Å². The lowest BCUT2D eigenvalue weighted by Gasteiger charge is -2.23. The largest absolute Gasteiger partial charge is 0.507 e. The van der Waals surface area contributed by atoms with Gasteiger partial charge in [-0.2, -0.15) is 0 Å². The SMILES string of the molecule is Cc1ccc(C(O)=C2C(=O)C(=O)N(c3nc(C)c(C)s3)[C@@H]2c2ccc(C)cc2)cc1. The molecule has 5 nitrogen and oxygen atoms in total. The zero-order valence-corrected chi connectivity index (χ0v) is 18.1. The van der Waals surface area contributed by atoms with Crippen LogP contribution in [0.3, 0.4) is 0 Å². The normalized spacial score (nSPS) is 18.3. The summed E-state index contributed by atoms with van der Waals surface area (Å²) in [6.45, 7) is 7.72. The smallest absolute Gasteiger partial charge is 0.301 e. The maximum Gasteiger partial charge on any atom is 0.301 e. The number of hydrogen-bond donors (Lipinski definition) is 1. The van der Waals surface area contributed by atoms with Gasteiger partial charge in [0.2, 0.25) is 0 Å². The summed E-state index contributed by atoms with van der Waals surface area (Å²) in [6.07, 6.45) is 0. The topological polar surface area (TPSA) is 70.5 Å². The molecule has 152 valence electrons. The van der Waals surface area contributed by atoms with Gasteiger partial charge >= 0.3 is 5.91 Å². The predicted molar refractivity (Wildman–Crippen MR) is 119 cm³/mol. The van der Waals surface area contributed by atoms with E-state index in [9.17, 15) is 14.7 Å². The molecular weight excluding hydrogens is 396 g/mol. The monoisotopic (exact) mass is 418 g/mol. The Hall–Kier alpha value is -3.25. The zero-order chi connectivity index (χ0) is 21.6. The fourth-order valence-corrected chi connectivity index (χ4v) is 4.46. The summed E-state index contributed by atoms with van der Waals surface area (Å²) < 4.78 is 0. The lowest BCUT2D eigenvalue weighted by molar-refractivity contribution is -0.132. The van der Waals surface area contributed by atoms with Crippen LogP contribution in [0.15, 0.2) is 54.1 Å². The first-order valence-electron chi connectivity index (χ1n) is 9.66. The number of carbonyl (C=O) groups is 2. The molecule has 1 fully saturated rings. The van der Waals surface area contributed by atoms with E-state index in [4.69, 9.17) is 0 Å². The minimum atomic E-state index is -0.739. The van der Waals surface area contributed by atoms with E-state index in [0.717, 1.165) is 27.3 Å². The van der Waals surface area contributed by atoms with Crippen molar-refractivity contribution in [3.8, 4) is 0 Å². The summed E-state index contributed by atoms with van der Waals surface area (Å²) in [5, 5.41) is 11.5. The highest BCUT2D eigenvalue weighted by Gasteiger charge is 2.48. The number of carbonyl (C=O) groups excluding carboxylic acids is 2. The van der Waals surface area contributed by atoms with Gasteiger partial charge < -0.3 is 5.11 Å². The van der Waals surface area contributed by atoms with E-state index in [1.54, 1.807) is 12.1 Å². The fourth-order valence-electron chi connectivity index (χ4n) is 3.52. The Bertz CT molecular complexity index is 1150. The molecule has 1 aliphatic heterocycles. The van der Waals surface area contributed by atoms with Gasteiger partial charge in [-0.15, -0.1) is 11.3 Å². The molecule has 0 aliphatic carbocycles. The molecule has 0 radical (unpaired) electrons. The number of amides is 1. The van der Waals surface area contributed by atoms with Crippen LogP contribution >= 0.6 is 11.3 Å². The Morgan fingerprint density at radius 3 is 2.03 bits per heavy atom. The summed E-state index contributed by atoms with van der Waals surface area (Å²) in [6, 6.07) is 14.1. The molecule has 1 N–H and O–H groups in total. The van der Waals surface area contributed by atoms with Gasteiger partial charge in [0, 0.05) is 10.4 Å². The maximum absolute atomic E-state index is 13.1. The van der Waals surface area contributed by atoms with Crippen molar-refractivity contribution in [2.45, 2.75) is 33.7 Å². The van der Waals surface area contributed by atoms with Crippen LogP contribution < -0.4 is 4.90 Å². The van der Waals surface area contributed by atoms with E-state index in [0.29, 0.717) is 10.7 Å². The lowest BCUT2D eigenvalue weighted by atomic mass is 9.94. The van der Waals surface area contributed by atoms with E-state index >= 15 is 0 Å². The highest BCUT2D eigenvalue weighted by Crippen LogP contribution is 2.43. The zero-order valence-electron chi connectivity index (χ0n) is 17.3. The first-order valence-corrected chi connectivity index (χ1v) is 10.5. The van der Waals surface area contributed by atoms with Gasteiger partial charge in [0.1, 0.15) is 5.76 Å². The van der Waals surface area contributed by atoms with Gasteiger partial charge in [-0.1, -0.05) is 59.7 Å². The third-order valence-corrected chi connectivity index (χ3v) is 6.46. The van der Waals surface area contributed by atoms with E-state index in [1.807, 2.05) is 64.1 Å². The van der Waals surface area contributed by atoms with Crippen LogP contribution in [0.4, 0.5) is 5.13 Å². The number of aliphatic hydroxyl groups excluding tert-OH is 1. The Kier molecular flexibility index (Phi) is 5.03. The third-order valence-electron chi connectivity index (χ3n) is 5.39. The standard InChI is InChI=1S/C24H22N2O3S/c1-13-5-9-17(10-6-13)20-19(21(27)18-11-7-14(2)8-12-18)22(28)23(29)26(20)24-25-15(3)16(4)30-24/h5-12,20,27H,1-4H3/t20-/m1/s1. The van der Waals surface area contributed by atoms with Crippen molar-refractivity contribution in [3.63, 3.8) is 0 Å². The average Bonchev–Trinajstić information content (AvgIpc) is 3.18. The lowest BCUT2D eigenvalue weighted by Crippen LogP contribution is -2.29. The minimum Gasteiger partial charge on any atom is -0.507 e. The molecule has 1 saturated heterocycles. The van der Waals surface area contributed by atoms with Gasteiger partial charge in [0.05, 0.1) is 17.3 Å². The molecule has 2 heterocycles. The molecule has 0 saturated carbocycles. The number of aromatic nitrogens is 1. The number of Topliss-reactive ketones (excluding diaryl/α,β-unsaturated/α-hetero) is 1. The molecule has 0 bridgehead atoms. The minimum absolute atomic E-state index is 0.0817. The first kappa shape index (κ1) is 20.0. The molecule has 30 heavy (non-hydrogen) atoms. The number of rotatable bonds is 3. The molecule has 1 atom stereocenters. The summed E-state index contributed by atoms with van der Waals surface area (Å²) in [4.78, 5) is 33.1. The Morgan fingerprint density at radius 1 is 0.933 bits per heavy atom. The van der Waals surface area contributed by atoms with Crippen molar-refractivity contribution in [2.75, 3.05) is 4.90 Å². The van der Waals surface area contributed by atoms with E-state index in [1.165, 1.54) is 16.2 Å². The fraction of sp³-hybridized carbons (Fsp3) is 0.208. The second kappa shape index (κ2) is 7.54. The van der Waals surface area contributed by atoms with Gasteiger partial charge in [0.15, 0.2) is 5.13 Å². The van der Waals surface area contributed by atoms with Crippen molar-refractivity contribution in [1.82, 2.24) is 4.98 Å². The van der Waals surface area contributed by atoms with Gasteiger partial charge in [-0.25, -0.2) is 4.98 Å². The highest BCUT2D eigenvalue weighted by molar-refractivity contribution is 7.16. The molecule has 1 aliphatic rings. The van der Waals surface area contributed by atoms with E-state index < -0.39 is 17.7 Å². The van der Waals surface area contributed by atoms with Crippen LogP contribution in [-0.2, 0) is 9.59 Å². The van der Waals surface area contributed by atoms with Crippen LogP contribution in [0.2, 0.25) is 0 Å².